The normalized spacial score (nSPS) is 28.7. The summed E-state index contributed by atoms with van der Waals surface area (Å²) in [4.78, 5) is 1.69. The molecule has 2 saturated heterocycles. The minimum absolute atomic E-state index is 0.0654. The van der Waals surface area contributed by atoms with Crippen LogP contribution in [0.1, 0.15) is 0 Å². The Morgan fingerprint density at radius 3 is 2.79 bits per heavy atom. The van der Waals surface area contributed by atoms with Crippen molar-refractivity contribution in [2.24, 2.45) is 0 Å². The van der Waals surface area contributed by atoms with E-state index in [0.717, 1.165) is 0 Å². The van der Waals surface area contributed by atoms with Crippen LogP contribution in [0.5, 0.6) is 0 Å². The fourth-order valence-electron chi connectivity index (χ4n) is 2.47. The third-order valence-electron chi connectivity index (χ3n) is 3.28. The molecule has 2 heterocycles. The van der Waals surface area contributed by atoms with E-state index in [1.165, 1.54) is 11.8 Å². The summed E-state index contributed by atoms with van der Waals surface area (Å²) >= 11 is 13.4. The highest BCUT2D eigenvalue weighted by Crippen LogP contribution is 2.43. The number of nitrogens with one attached hydrogen (secondary N) is 1. The van der Waals surface area contributed by atoms with Gasteiger partial charge < -0.3 is 4.90 Å². The van der Waals surface area contributed by atoms with Crippen LogP contribution in [0.25, 0.3) is 0 Å². The lowest BCUT2D eigenvalue weighted by atomic mass is 10.2. The zero-order valence-electron chi connectivity index (χ0n) is 9.64. The molecule has 0 amide bonds. The van der Waals surface area contributed by atoms with Crippen molar-refractivity contribution in [3.8, 4) is 0 Å². The lowest BCUT2D eigenvalue weighted by molar-refractivity contribution is 0.601. The molecule has 1 aromatic rings. The predicted octanol–water partition coefficient (Wildman–Crippen LogP) is 2.65. The molecular formula is C11H10Cl2N2O2S2. The van der Waals surface area contributed by atoms with Crippen LogP contribution in [0, 0.1) is 5.41 Å². The number of benzene rings is 1. The molecule has 0 spiro atoms. The van der Waals surface area contributed by atoms with Crippen LogP contribution in [0.2, 0.25) is 10.0 Å². The van der Waals surface area contributed by atoms with Crippen LogP contribution >= 0.6 is 35.0 Å². The number of anilines is 1. The number of amidine groups is 1. The number of hydrogen-bond donors (Lipinski definition) is 1. The second kappa shape index (κ2) is 4.55. The van der Waals surface area contributed by atoms with Gasteiger partial charge in [0.15, 0.2) is 15.0 Å². The van der Waals surface area contributed by atoms with Crippen molar-refractivity contribution in [1.29, 1.82) is 5.41 Å². The van der Waals surface area contributed by atoms with Gasteiger partial charge in [0.25, 0.3) is 0 Å². The van der Waals surface area contributed by atoms with E-state index in [9.17, 15) is 8.42 Å². The number of rotatable bonds is 1. The zero-order valence-corrected chi connectivity index (χ0v) is 12.8. The Labute approximate surface area is 125 Å². The van der Waals surface area contributed by atoms with E-state index in [2.05, 4.69) is 0 Å². The molecule has 0 aliphatic carbocycles. The number of halogens is 2. The summed E-state index contributed by atoms with van der Waals surface area (Å²) in [5.41, 5.74) is 0.608. The Morgan fingerprint density at radius 2 is 2.05 bits per heavy atom. The first kappa shape index (κ1) is 13.5. The van der Waals surface area contributed by atoms with Gasteiger partial charge in [0.2, 0.25) is 0 Å². The molecule has 1 aromatic carbocycles. The smallest absolute Gasteiger partial charge is 0.161 e. The van der Waals surface area contributed by atoms with Gasteiger partial charge >= 0.3 is 0 Å². The summed E-state index contributed by atoms with van der Waals surface area (Å²) < 4.78 is 23.4. The second-order valence-corrected chi connectivity index (χ2v) is 8.72. The summed E-state index contributed by atoms with van der Waals surface area (Å²) in [5.74, 6) is 0.190. The Bertz CT molecular complexity index is 663. The quantitative estimate of drug-likeness (QED) is 0.856. The Morgan fingerprint density at radius 1 is 1.32 bits per heavy atom. The zero-order chi connectivity index (χ0) is 13.8. The highest BCUT2D eigenvalue weighted by Gasteiger charge is 2.49. The summed E-state index contributed by atoms with van der Waals surface area (Å²) in [5, 5.41) is 9.03. The molecule has 19 heavy (non-hydrogen) atoms. The van der Waals surface area contributed by atoms with Crippen LogP contribution in [0.15, 0.2) is 18.2 Å². The summed E-state index contributed by atoms with van der Waals surface area (Å²) in [7, 11) is -3.03. The highest BCUT2D eigenvalue weighted by atomic mass is 35.5. The Hall–Kier alpha value is -0.430. The van der Waals surface area contributed by atoms with Gasteiger partial charge in [-0.05, 0) is 12.1 Å². The SMILES string of the molecule is N=C1S[C@@H]2CS(=O)(=O)C[C@@H]2N1c1cccc(Cl)c1Cl. The number of sulfone groups is 1. The second-order valence-electron chi connectivity index (χ2n) is 4.55. The van der Waals surface area contributed by atoms with Gasteiger partial charge in [0.1, 0.15) is 0 Å². The standard InChI is InChI=1S/C11H10Cl2N2O2S2/c12-6-2-1-3-7(10(6)13)15-8-4-19(16,17)5-9(8)18-11(15)14/h1-3,8-9,14H,4-5H2/t8-,9+/m0/s1. The Kier molecular flexibility index (Phi) is 3.24. The molecule has 0 bridgehead atoms. The number of nitrogens with zero attached hydrogens (tertiary/aromatic N) is 1. The van der Waals surface area contributed by atoms with Crippen LogP contribution < -0.4 is 4.90 Å². The van der Waals surface area contributed by atoms with E-state index in [1.807, 2.05) is 0 Å². The summed E-state index contributed by atoms with van der Waals surface area (Å²) in [6, 6.07) is 4.95. The predicted molar refractivity (Wildman–Crippen MR) is 80.5 cm³/mol. The molecule has 0 unspecified atom stereocenters. The highest BCUT2D eigenvalue weighted by molar-refractivity contribution is 8.15. The average molecular weight is 337 g/mol. The van der Waals surface area contributed by atoms with Gasteiger partial charge in [-0.25, -0.2) is 8.42 Å². The molecule has 2 aliphatic heterocycles. The van der Waals surface area contributed by atoms with Gasteiger partial charge in [0.05, 0.1) is 33.3 Å². The van der Waals surface area contributed by atoms with Crippen LogP contribution in [0.3, 0.4) is 0 Å². The molecule has 4 nitrogen and oxygen atoms in total. The maximum absolute atomic E-state index is 11.7. The van der Waals surface area contributed by atoms with E-state index < -0.39 is 9.84 Å². The molecule has 0 saturated carbocycles. The largest absolute Gasteiger partial charge is 0.315 e. The monoisotopic (exact) mass is 336 g/mol. The van der Waals surface area contributed by atoms with Gasteiger partial charge in [-0.2, -0.15) is 0 Å². The minimum Gasteiger partial charge on any atom is -0.315 e. The molecule has 0 aromatic heterocycles. The molecule has 0 radical (unpaired) electrons. The summed E-state index contributed by atoms with van der Waals surface area (Å²) in [6.45, 7) is 0. The number of hydrogen-bond acceptors (Lipinski definition) is 4. The van der Waals surface area contributed by atoms with E-state index in [1.54, 1.807) is 23.1 Å². The fraction of sp³-hybridized carbons (Fsp3) is 0.364. The fourth-order valence-corrected chi connectivity index (χ4v) is 6.64. The maximum atomic E-state index is 11.7. The minimum atomic E-state index is -3.03. The molecule has 102 valence electrons. The van der Waals surface area contributed by atoms with Crippen LogP contribution in [-0.2, 0) is 9.84 Å². The molecule has 2 atom stereocenters. The third-order valence-corrected chi connectivity index (χ3v) is 7.22. The molecule has 2 aliphatic rings. The van der Waals surface area contributed by atoms with Crippen molar-refractivity contribution in [3.63, 3.8) is 0 Å². The topological polar surface area (TPSA) is 61.2 Å². The van der Waals surface area contributed by atoms with Crippen molar-refractivity contribution >= 4 is 55.7 Å². The van der Waals surface area contributed by atoms with E-state index in [-0.39, 0.29) is 22.8 Å². The van der Waals surface area contributed by atoms with Gasteiger partial charge in [0, 0.05) is 5.25 Å². The average Bonchev–Trinajstić information content (AvgIpc) is 2.73. The van der Waals surface area contributed by atoms with Crippen molar-refractivity contribution in [1.82, 2.24) is 0 Å². The summed E-state index contributed by atoms with van der Waals surface area (Å²) in [6.07, 6.45) is 0. The Balaban J connectivity index is 2.05. The molecule has 3 rings (SSSR count). The lowest BCUT2D eigenvalue weighted by Crippen LogP contribution is -2.37. The van der Waals surface area contributed by atoms with E-state index in [4.69, 9.17) is 28.6 Å². The van der Waals surface area contributed by atoms with Gasteiger partial charge in [-0.1, -0.05) is 41.0 Å². The van der Waals surface area contributed by atoms with Crippen molar-refractivity contribution in [2.75, 3.05) is 16.4 Å². The van der Waals surface area contributed by atoms with Gasteiger partial charge in [-0.15, -0.1) is 0 Å². The number of fused-ring (bicyclic) bond motifs is 1. The van der Waals surface area contributed by atoms with Crippen LogP contribution in [-0.4, -0.2) is 36.4 Å². The first-order chi connectivity index (χ1) is 8.89. The molecule has 8 heteroatoms. The van der Waals surface area contributed by atoms with Crippen molar-refractivity contribution in [2.45, 2.75) is 11.3 Å². The first-order valence-electron chi connectivity index (χ1n) is 5.58. The van der Waals surface area contributed by atoms with E-state index >= 15 is 0 Å². The third kappa shape index (κ3) is 2.24. The van der Waals surface area contributed by atoms with E-state index in [0.29, 0.717) is 20.9 Å². The maximum Gasteiger partial charge on any atom is 0.161 e. The lowest BCUT2D eigenvalue weighted by Gasteiger charge is -2.25. The van der Waals surface area contributed by atoms with Crippen molar-refractivity contribution < 1.29 is 8.42 Å². The van der Waals surface area contributed by atoms with Crippen LogP contribution in [0.4, 0.5) is 5.69 Å². The molecular weight excluding hydrogens is 327 g/mol. The molecule has 2 fully saturated rings. The number of thioether (sulfide) groups is 1. The van der Waals surface area contributed by atoms with Crippen molar-refractivity contribution in [3.05, 3.63) is 28.2 Å². The van der Waals surface area contributed by atoms with Gasteiger partial charge in [-0.3, -0.25) is 5.41 Å². The molecule has 1 N–H and O–H groups in total. The first-order valence-corrected chi connectivity index (χ1v) is 9.03.